The van der Waals surface area contributed by atoms with Gasteiger partial charge in [0.2, 0.25) is 10.0 Å². The average Bonchev–Trinajstić information content (AvgIpc) is 2.38. The smallest absolute Gasteiger partial charge is 0.307 e. The molecular formula is C12H17N3O5S. The summed E-state index contributed by atoms with van der Waals surface area (Å²) in [5, 5.41) is 2.54. The fourth-order valence-electron chi connectivity index (χ4n) is 1.39. The molecule has 116 valence electrons. The first kappa shape index (κ1) is 16.9. The minimum absolute atomic E-state index is 0.0841. The molecule has 0 radical (unpaired) electrons. The lowest BCUT2D eigenvalue weighted by atomic mass is 10.2. The summed E-state index contributed by atoms with van der Waals surface area (Å²) in [6, 6.07) is 2.81. The van der Waals surface area contributed by atoms with Crippen molar-refractivity contribution < 1.29 is 22.7 Å². The standard InChI is InChI=1S/C12H17N3O5S/c1-3-20-11(16)6-7-13-12(17)9-4-5-10(14-8-9)15-21(2,18)19/h4-5,8H,3,6-7H2,1-2H3,(H,13,17)(H,14,15). The van der Waals surface area contributed by atoms with Gasteiger partial charge in [0.05, 0.1) is 24.8 Å². The van der Waals surface area contributed by atoms with Crippen molar-refractivity contribution in [2.45, 2.75) is 13.3 Å². The fourth-order valence-corrected chi connectivity index (χ4v) is 1.89. The molecule has 8 nitrogen and oxygen atoms in total. The van der Waals surface area contributed by atoms with E-state index in [-0.39, 0.29) is 30.3 Å². The van der Waals surface area contributed by atoms with Crippen molar-refractivity contribution in [1.29, 1.82) is 0 Å². The van der Waals surface area contributed by atoms with Crippen LogP contribution in [0.15, 0.2) is 18.3 Å². The zero-order valence-electron chi connectivity index (χ0n) is 11.8. The van der Waals surface area contributed by atoms with Gasteiger partial charge in [-0.15, -0.1) is 0 Å². The molecule has 1 heterocycles. The zero-order valence-corrected chi connectivity index (χ0v) is 12.6. The summed E-state index contributed by atoms with van der Waals surface area (Å²) < 4.78 is 28.9. The highest BCUT2D eigenvalue weighted by molar-refractivity contribution is 7.92. The highest BCUT2D eigenvalue weighted by Gasteiger charge is 2.09. The Hall–Kier alpha value is -2.16. The van der Waals surface area contributed by atoms with Gasteiger partial charge in [0, 0.05) is 12.7 Å². The van der Waals surface area contributed by atoms with E-state index in [1.165, 1.54) is 18.3 Å². The fraction of sp³-hybridized carbons (Fsp3) is 0.417. The second kappa shape index (κ2) is 7.58. The lowest BCUT2D eigenvalue weighted by Crippen LogP contribution is -2.26. The van der Waals surface area contributed by atoms with Crippen LogP contribution in [0.25, 0.3) is 0 Å². The summed E-state index contributed by atoms with van der Waals surface area (Å²) in [4.78, 5) is 26.6. The van der Waals surface area contributed by atoms with E-state index in [2.05, 4.69) is 15.0 Å². The molecule has 0 atom stereocenters. The van der Waals surface area contributed by atoms with E-state index in [4.69, 9.17) is 4.74 Å². The number of nitrogens with zero attached hydrogens (tertiary/aromatic N) is 1. The van der Waals surface area contributed by atoms with Crippen LogP contribution in [0.1, 0.15) is 23.7 Å². The van der Waals surface area contributed by atoms with E-state index in [0.29, 0.717) is 6.61 Å². The highest BCUT2D eigenvalue weighted by Crippen LogP contribution is 2.06. The Balaban J connectivity index is 2.50. The molecule has 0 bridgehead atoms. The number of aromatic nitrogens is 1. The van der Waals surface area contributed by atoms with Crippen LogP contribution in [-0.2, 0) is 19.6 Å². The number of esters is 1. The van der Waals surface area contributed by atoms with E-state index in [1.54, 1.807) is 6.92 Å². The van der Waals surface area contributed by atoms with Gasteiger partial charge in [-0.25, -0.2) is 13.4 Å². The number of carbonyl (C=O) groups is 2. The van der Waals surface area contributed by atoms with Gasteiger partial charge >= 0.3 is 5.97 Å². The quantitative estimate of drug-likeness (QED) is 0.692. The SMILES string of the molecule is CCOC(=O)CCNC(=O)c1ccc(NS(C)(=O)=O)nc1. The Morgan fingerprint density at radius 2 is 2.05 bits per heavy atom. The third-order valence-corrected chi connectivity index (χ3v) is 2.82. The molecule has 0 spiro atoms. The third kappa shape index (κ3) is 6.70. The maximum atomic E-state index is 11.7. The second-order valence-electron chi connectivity index (χ2n) is 4.12. The molecule has 1 amide bonds. The molecule has 0 fully saturated rings. The number of rotatable bonds is 7. The average molecular weight is 315 g/mol. The minimum atomic E-state index is -3.40. The largest absolute Gasteiger partial charge is 0.466 e. The minimum Gasteiger partial charge on any atom is -0.466 e. The van der Waals surface area contributed by atoms with Crippen molar-refractivity contribution >= 4 is 27.7 Å². The lowest BCUT2D eigenvalue weighted by molar-refractivity contribution is -0.142. The summed E-state index contributed by atoms with van der Waals surface area (Å²) in [5.41, 5.74) is 0.262. The lowest BCUT2D eigenvalue weighted by Gasteiger charge is -2.06. The van der Waals surface area contributed by atoms with E-state index in [1.807, 2.05) is 0 Å². The number of amides is 1. The maximum Gasteiger partial charge on any atom is 0.307 e. The first-order valence-corrected chi connectivity index (χ1v) is 8.08. The summed E-state index contributed by atoms with van der Waals surface area (Å²) in [6.45, 7) is 2.15. The monoisotopic (exact) mass is 315 g/mol. The second-order valence-corrected chi connectivity index (χ2v) is 5.87. The van der Waals surface area contributed by atoms with Crippen molar-refractivity contribution in [3.05, 3.63) is 23.9 Å². The van der Waals surface area contributed by atoms with E-state index >= 15 is 0 Å². The Kier molecular flexibility index (Phi) is 6.10. The number of carbonyl (C=O) groups excluding carboxylic acids is 2. The number of nitrogens with one attached hydrogen (secondary N) is 2. The molecule has 0 aliphatic carbocycles. The molecule has 1 rings (SSSR count). The van der Waals surface area contributed by atoms with E-state index < -0.39 is 15.9 Å². The molecule has 0 aromatic carbocycles. The normalized spacial score (nSPS) is 10.8. The highest BCUT2D eigenvalue weighted by atomic mass is 32.2. The first-order chi connectivity index (χ1) is 9.81. The molecule has 0 aliphatic rings. The van der Waals surface area contributed by atoms with Gasteiger partial charge < -0.3 is 10.1 Å². The number of ether oxygens (including phenoxy) is 1. The summed E-state index contributed by atoms with van der Waals surface area (Å²) in [6.07, 6.45) is 2.33. The molecular weight excluding hydrogens is 298 g/mol. The molecule has 21 heavy (non-hydrogen) atoms. The van der Waals surface area contributed by atoms with Gasteiger partial charge in [0.1, 0.15) is 5.82 Å². The molecule has 0 unspecified atom stereocenters. The predicted octanol–water partition coefficient (Wildman–Crippen LogP) is 0.136. The number of sulfonamides is 1. The third-order valence-electron chi connectivity index (χ3n) is 2.24. The summed E-state index contributed by atoms with van der Waals surface area (Å²) >= 11 is 0. The van der Waals surface area contributed by atoms with E-state index in [0.717, 1.165) is 6.26 Å². The number of pyridine rings is 1. The predicted molar refractivity (Wildman–Crippen MR) is 76.3 cm³/mol. The van der Waals surface area contributed by atoms with Crippen LogP contribution in [0.3, 0.4) is 0 Å². The Bertz CT molecular complexity index is 598. The van der Waals surface area contributed by atoms with Gasteiger partial charge in [0.25, 0.3) is 5.91 Å². The molecule has 1 aromatic heterocycles. The van der Waals surface area contributed by atoms with E-state index in [9.17, 15) is 18.0 Å². The van der Waals surface area contributed by atoms with Crippen LogP contribution in [0.4, 0.5) is 5.82 Å². The van der Waals surface area contributed by atoms with Crippen molar-refractivity contribution in [1.82, 2.24) is 10.3 Å². The van der Waals surface area contributed by atoms with Crippen LogP contribution in [0.2, 0.25) is 0 Å². The van der Waals surface area contributed by atoms with Crippen LogP contribution in [0.5, 0.6) is 0 Å². The van der Waals surface area contributed by atoms with Crippen LogP contribution < -0.4 is 10.0 Å². The van der Waals surface area contributed by atoms with Crippen LogP contribution in [0, 0.1) is 0 Å². The van der Waals surface area contributed by atoms with Crippen molar-refractivity contribution in [3.8, 4) is 0 Å². The Morgan fingerprint density at radius 3 is 2.57 bits per heavy atom. The van der Waals surface area contributed by atoms with Gasteiger partial charge in [0.15, 0.2) is 0 Å². The van der Waals surface area contributed by atoms with Gasteiger partial charge in [-0.05, 0) is 19.1 Å². The van der Waals surface area contributed by atoms with Gasteiger partial charge in [-0.3, -0.25) is 14.3 Å². The number of hydrogen-bond donors (Lipinski definition) is 2. The first-order valence-electron chi connectivity index (χ1n) is 6.19. The van der Waals surface area contributed by atoms with Crippen molar-refractivity contribution in [2.24, 2.45) is 0 Å². The molecule has 1 aromatic rings. The molecule has 2 N–H and O–H groups in total. The number of anilines is 1. The summed E-state index contributed by atoms with van der Waals surface area (Å²) in [5.74, 6) is -0.665. The van der Waals surface area contributed by atoms with Gasteiger partial charge in [-0.1, -0.05) is 0 Å². The topological polar surface area (TPSA) is 114 Å². The number of hydrogen-bond acceptors (Lipinski definition) is 6. The van der Waals surface area contributed by atoms with Crippen LogP contribution in [-0.4, -0.2) is 44.7 Å². The van der Waals surface area contributed by atoms with Crippen molar-refractivity contribution in [2.75, 3.05) is 24.1 Å². The molecule has 0 aliphatic heterocycles. The molecule has 0 saturated carbocycles. The maximum absolute atomic E-state index is 11.7. The Labute approximate surface area is 123 Å². The summed E-state index contributed by atoms with van der Waals surface area (Å²) in [7, 11) is -3.40. The molecule has 0 saturated heterocycles. The Morgan fingerprint density at radius 1 is 1.33 bits per heavy atom. The van der Waals surface area contributed by atoms with Crippen LogP contribution >= 0.6 is 0 Å². The molecule has 9 heteroatoms. The van der Waals surface area contributed by atoms with Crippen molar-refractivity contribution in [3.63, 3.8) is 0 Å². The zero-order chi connectivity index (χ0) is 15.9. The van der Waals surface area contributed by atoms with Gasteiger partial charge in [-0.2, -0.15) is 0 Å².